The van der Waals surface area contributed by atoms with Gasteiger partial charge in [-0.1, -0.05) is 73.1 Å². The van der Waals surface area contributed by atoms with Gasteiger partial charge in [0.25, 0.3) is 0 Å². The predicted molar refractivity (Wildman–Crippen MR) is 117 cm³/mol. The van der Waals surface area contributed by atoms with Crippen LogP contribution in [-0.2, 0) is 9.53 Å². The van der Waals surface area contributed by atoms with Crippen LogP contribution in [0.3, 0.4) is 0 Å². The summed E-state index contributed by atoms with van der Waals surface area (Å²) in [6.07, 6.45) is 18.2. The van der Waals surface area contributed by atoms with Gasteiger partial charge in [0.05, 0.1) is 6.61 Å². The highest BCUT2D eigenvalue weighted by molar-refractivity contribution is 5.88. The van der Waals surface area contributed by atoms with Gasteiger partial charge in [0.2, 0.25) is 0 Å². The van der Waals surface area contributed by atoms with Crippen LogP contribution < -0.4 is 0 Å². The lowest BCUT2D eigenvalue weighted by Gasteiger charge is -2.32. The average molecular weight is 369 g/mol. The molecule has 0 amide bonds. The minimum absolute atomic E-state index is 0.262. The monoisotopic (exact) mass is 368 g/mol. The maximum atomic E-state index is 11.6. The summed E-state index contributed by atoms with van der Waals surface area (Å²) >= 11 is 0. The molecular weight excluding hydrogens is 332 g/mol. The lowest BCUT2D eigenvalue weighted by Crippen LogP contribution is -2.19. The molecule has 27 heavy (non-hydrogen) atoms. The molecule has 0 aromatic heterocycles. The SMILES string of the molecule is CCOC(=O)/C(C)=C/C=C(C)/C=C/C=C(C)/C=C/C1=C(C)CCCC1(C)C. The summed E-state index contributed by atoms with van der Waals surface area (Å²) in [4.78, 5) is 11.6. The van der Waals surface area contributed by atoms with Crippen molar-refractivity contribution in [1.82, 2.24) is 0 Å². The number of hydrogen-bond donors (Lipinski definition) is 0. The highest BCUT2D eigenvalue weighted by Gasteiger charge is 2.26. The number of carbonyl (C=O) groups is 1. The summed E-state index contributed by atoms with van der Waals surface area (Å²) in [7, 11) is 0. The Morgan fingerprint density at radius 1 is 1.07 bits per heavy atom. The molecule has 0 radical (unpaired) electrons. The van der Waals surface area contributed by atoms with Gasteiger partial charge in [-0.25, -0.2) is 4.79 Å². The zero-order chi connectivity index (χ0) is 20.4. The van der Waals surface area contributed by atoms with E-state index in [2.05, 4.69) is 45.9 Å². The Bertz CT molecular complexity index is 707. The molecule has 0 aromatic rings. The minimum Gasteiger partial charge on any atom is -0.463 e. The molecule has 0 aliphatic heterocycles. The van der Waals surface area contributed by atoms with Crippen molar-refractivity contribution in [2.45, 2.75) is 67.7 Å². The van der Waals surface area contributed by atoms with Crippen LogP contribution in [0, 0.1) is 5.41 Å². The Morgan fingerprint density at radius 2 is 1.74 bits per heavy atom. The fourth-order valence-corrected chi connectivity index (χ4v) is 3.26. The summed E-state index contributed by atoms with van der Waals surface area (Å²) < 4.78 is 4.97. The molecule has 1 rings (SSSR count). The fraction of sp³-hybridized carbons (Fsp3) is 0.480. The summed E-state index contributed by atoms with van der Waals surface area (Å²) in [6.45, 7) is 15.1. The van der Waals surface area contributed by atoms with Gasteiger partial charge in [0.15, 0.2) is 0 Å². The van der Waals surface area contributed by atoms with Crippen LogP contribution in [0.2, 0.25) is 0 Å². The third kappa shape index (κ3) is 7.99. The van der Waals surface area contributed by atoms with Crippen LogP contribution in [-0.4, -0.2) is 12.6 Å². The molecule has 0 saturated carbocycles. The number of allylic oxidation sites excluding steroid dienone is 11. The summed E-state index contributed by atoms with van der Waals surface area (Å²) in [5, 5.41) is 0. The molecule has 148 valence electrons. The molecule has 0 saturated heterocycles. The van der Waals surface area contributed by atoms with Gasteiger partial charge in [0.1, 0.15) is 0 Å². The van der Waals surface area contributed by atoms with E-state index in [4.69, 9.17) is 4.74 Å². The maximum absolute atomic E-state index is 11.6. The van der Waals surface area contributed by atoms with Gasteiger partial charge in [-0.15, -0.1) is 0 Å². The zero-order valence-corrected chi connectivity index (χ0v) is 18.2. The second-order valence-corrected chi connectivity index (χ2v) is 8.02. The molecule has 0 N–H and O–H groups in total. The molecule has 0 unspecified atom stereocenters. The van der Waals surface area contributed by atoms with Crippen LogP contribution >= 0.6 is 0 Å². The quantitative estimate of drug-likeness (QED) is 0.274. The number of ether oxygens (including phenoxy) is 1. The Morgan fingerprint density at radius 3 is 2.37 bits per heavy atom. The molecular formula is C25H36O2. The zero-order valence-electron chi connectivity index (χ0n) is 18.2. The van der Waals surface area contributed by atoms with Gasteiger partial charge in [-0.2, -0.15) is 0 Å². The topological polar surface area (TPSA) is 26.3 Å². The van der Waals surface area contributed by atoms with E-state index in [0.29, 0.717) is 12.2 Å². The second kappa shape index (κ2) is 10.9. The van der Waals surface area contributed by atoms with Crippen molar-refractivity contribution in [3.05, 3.63) is 70.4 Å². The molecule has 0 spiro atoms. The van der Waals surface area contributed by atoms with Crippen LogP contribution in [0.15, 0.2) is 70.4 Å². The van der Waals surface area contributed by atoms with Crippen LogP contribution in [0.25, 0.3) is 0 Å². The standard InChI is InChI=1S/C25H36O2/c1-8-27-24(26)22(5)16-14-19(2)11-9-12-20(3)15-17-23-21(4)13-10-18-25(23,6)7/h9,11-12,14-17H,8,10,13,18H2,1-7H3/b11-9+,17-15+,19-14+,20-12+,22-16+. The molecule has 0 aromatic carbocycles. The molecule has 1 aliphatic rings. The van der Waals surface area contributed by atoms with E-state index in [-0.39, 0.29) is 11.4 Å². The third-order valence-corrected chi connectivity index (χ3v) is 4.97. The first-order valence-corrected chi connectivity index (χ1v) is 9.93. The molecule has 2 nitrogen and oxygen atoms in total. The normalized spacial score (nSPS) is 19.3. The van der Waals surface area contributed by atoms with Crippen molar-refractivity contribution < 1.29 is 9.53 Å². The number of hydrogen-bond acceptors (Lipinski definition) is 2. The minimum atomic E-state index is -0.262. The van der Waals surface area contributed by atoms with Crippen LogP contribution in [0.5, 0.6) is 0 Å². The summed E-state index contributed by atoms with van der Waals surface area (Å²) in [5.74, 6) is -0.262. The predicted octanol–water partition coefficient (Wildman–Crippen LogP) is 7.03. The van der Waals surface area contributed by atoms with Crippen molar-refractivity contribution in [3.8, 4) is 0 Å². The number of rotatable bonds is 7. The van der Waals surface area contributed by atoms with E-state index in [1.165, 1.54) is 36.0 Å². The van der Waals surface area contributed by atoms with Gasteiger partial charge in [-0.3, -0.25) is 0 Å². The first-order valence-electron chi connectivity index (χ1n) is 9.93. The van der Waals surface area contributed by atoms with Crippen molar-refractivity contribution in [3.63, 3.8) is 0 Å². The Labute approximate surface area is 166 Å². The van der Waals surface area contributed by atoms with E-state index in [9.17, 15) is 4.79 Å². The first kappa shape index (κ1) is 23.0. The van der Waals surface area contributed by atoms with Gasteiger partial charge in [0, 0.05) is 5.57 Å². The van der Waals surface area contributed by atoms with Gasteiger partial charge < -0.3 is 4.74 Å². The summed E-state index contributed by atoms with van der Waals surface area (Å²) in [5.41, 5.74) is 6.20. The van der Waals surface area contributed by atoms with Crippen molar-refractivity contribution >= 4 is 5.97 Å². The Hall–Kier alpha value is -2.09. The maximum Gasteiger partial charge on any atom is 0.333 e. The van der Waals surface area contributed by atoms with Crippen molar-refractivity contribution in [2.24, 2.45) is 5.41 Å². The molecule has 2 heteroatoms. The van der Waals surface area contributed by atoms with E-state index in [0.717, 1.165) is 5.57 Å². The highest BCUT2D eigenvalue weighted by atomic mass is 16.5. The molecule has 1 aliphatic carbocycles. The fourth-order valence-electron chi connectivity index (χ4n) is 3.26. The average Bonchev–Trinajstić information content (AvgIpc) is 2.58. The Kier molecular flexibility index (Phi) is 9.28. The molecule has 0 fully saturated rings. The second-order valence-electron chi connectivity index (χ2n) is 8.02. The molecule has 0 heterocycles. The largest absolute Gasteiger partial charge is 0.463 e. The third-order valence-electron chi connectivity index (χ3n) is 4.97. The van der Waals surface area contributed by atoms with E-state index >= 15 is 0 Å². The van der Waals surface area contributed by atoms with E-state index < -0.39 is 0 Å². The Balaban J connectivity index is 2.74. The first-order chi connectivity index (χ1) is 12.7. The van der Waals surface area contributed by atoms with Crippen molar-refractivity contribution in [2.75, 3.05) is 6.61 Å². The molecule has 0 bridgehead atoms. The van der Waals surface area contributed by atoms with E-state index in [1.807, 2.05) is 32.1 Å². The van der Waals surface area contributed by atoms with Gasteiger partial charge >= 0.3 is 5.97 Å². The van der Waals surface area contributed by atoms with Crippen LogP contribution in [0.4, 0.5) is 0 Å². The van der Waals surface area contributed by atoms with E-state index in [1.54, 1.807) is 13.0 Å². The number of esters is 1. The summed E-state index contributed by atoms with van der Waals surface area (Å²) in [6, 6.07) is 0. The lowest BCUT2D eigenvalue weighted by molar-refractivity contribution is -0.138. The van der Waals surface area contributed by atoms with Gasteiger partial charge in [-0.05, 0) is 64.9 Å². The highest BCUT2D eigenvalue weighted by Crippen LogP contribution is 2.40. The van der Waals surface area contributed by atoms with Crippen LogP contribution in [0.1, 0.15) is 67.7 Å². The lowest BCUT2D eigenvalue weighted by atomic mass is 9.72. The number of carbonyl (C=O) groups excluding carboxylic acids is 1. The van der Waals surface area contributed by atoms with Crippen molar-refractivity contribution in [1.29, 1.82) is 0 Å². The molecule has 0 atom stereocenters. The smallest absolute Gasteiger partial charge is 0.333 e.